The van der Waals surface area contributed by atoms with Crippen molar-refractivity contribution in [3.05, 3.63) is 46.2 Å². The molecule has 19 heavy (non-hydrogen) atoms. The molecule has 2 aromatic rings. The molecule has 0 fully saturated rings. The van der Waals surface area contributed by atoms with Crippen LogP contribution < -0.4 is 0 Å². The molecule has 0 aliphatic heterocycles. The van der Waals surface area contributed by atoms with Crippen LogP contribution in [0.25, 0.3) is 11.1 Å². The quantitative estimate of drug-likeness (QED) is 0.798. The lowest BCUT2D eigenvalue weighted by molar-refractivity contribution is 0.0442. The van der Waals surface area contributed by atoms with E-state index in [1.165, 1.54) is 16.9 Å². The largest absolute Gasteiger partial charge is 0.443 e. The minimum Gasteiger partial charge on any atom is -0.443 e. The zero-order chi connectivity index (χ0) is 13.8. The van der Waals surface area contributed by atoms with E-state index >= 15 is 0 Å². The van der Waals surface area contributed by atoms with Crippen LogP contribution >= 0.6 is 11.3 Å². The van der Waals surface area contributed by atoms with Crippen LogP contribution in [0.5, 0.6) is 0 Å². The fourth-order valence-electron chi connectivity index (χ4n) is 1.67. The maximum atomic E-state index is 12.0. The van der Waals surface area contributed by atoms with Crippen molar-refractivity contribution in [2.75, 3.05) is 0 Å². The van der Waals surface area contributed by atoms with Gasteiger partial charge in [-0.3, -0.25) is 0 Å². The first kappa shape index (κ1) is 13.3. The smallest absolute Gasteiger partial charge is 0.350 e. The molecule has 96 valence electrons. The summed E-state index contributed by atoms with van der Waals surface area (Å²) < 4.78 is 5.04. The summed E-state index contributed by atoms with van der Waals surface area (Å²) in [5, 5.41) is 10.5. The lowest BCUT2D eigenvalue weighted by atomic mass is 10.1. The Bertz CT molecular complexity index is 622. The van der Waals surface area contributed by atoms with Crippen LogP contribution in [-0.2, 0) is 4.74 Å². The van der Waals surface area contributed by atoms with Crippen LogP contribution in [0.4, 0.5) is 0 Å². The number of nitriles is 1. The Labute approximate surface area is 116 Å². The third-order valence-electron chi connectivity index (χ3n) is 2.68. The fourth-order valence-corrected chi connectivity index (χ4v) is 2.47. The Balaban J connectivity index is 2.30. The highest BCUT2D eigenvalue weighted by Gasteiger charge is 2.18. The Morgan fingerprint density at radius 1 is 1.32 bits per heavy atom. The summed E-state index contributed by atoms with van der Waals surface area (Å²) in [6.07, 6.45) is -0.736. The number of hydrogen-bond donors (Lipinski definition) is 0. The molecule has 0 unspecified atom stereocenters. The second-order valence-corrected chi connectivity index (χ2v) is 5.12. The van der Waals surface area contributed by atoms with Gasteiger partial charge >= 0.3 is 5.97 Å². The third kappa shape index (κ3) is 3.01. The van der Waals surface area contributed by atoms with E-state index < -0.39 is 12.1 Å². The summed E-state index contributed by atoms with van der Waals surface area (Å²) in [5.74, 6) is -0.445. The summed E-state index contributed by atoms with van der Waals surface area (Å²) in [6, 6.07) is 11.7. The number of carbonyl (C=O) groups excluding carboxylic acids is 1. The van der Waals surface area contributed by atoms with E-state index in [-0.39, 0.29) is 0 Å². The maximum Gasteiger partial charge on any atom is 0.350 e. The molecule has 0 bridgehead atoms. The van der Waals surface area contributed by atoms with Gasteiger partial charge in [0.05, 0.1) is 0 Å². The summed E-state index contributed by atoms with van der Waals surface area (Å²) in [4.78, 5) is 12.5. The number of rotatable bonds is 3. The van der Waals surface area contributed by atoms with E-state index in [9.17, 15) is 4.79 Å². The topological polar surface area (TPSA) is 50.1 Å². The Hall–Kier alpha value is -2.12. The molecule has 1 atom stereocenters. The molecular formula is C15H13NO2S. The van der Waals surface area contributed by atoms with Gasteiger partial charge in [-0.1, -0.05) is 29.8 Å². The van der Waals surface area contributed by atoms with E-state index in [1.54, 1.807) is 6.92 Å². The van der Waals surface area contributed by atoms with E-state index in [0.29, 0.717) is 4.88 Å². The second kappa shape index (κ2) is 5.68. The van der Waals surface area contributed by atoms with Crippen LogP contribution in [0.15, 0.2) is 35.7 Å². The Kier molecular flexibility index (Phi) is 3.98. The standard InChI is InChI=1S/C15H13NO2S/c1-10-3-5-12(6-4-10)13-7-8-19-14(13)15(17)18-11(2)9-16/h3-8,11H,1-2H3/t11-/m1/s1. The van der Waals surface area contributed by atoms with Crippen molar-refractivity contribution in [3.63, 3.8) is 0 Å². The molecule has 0 amide bonds. The van der Waals surface area contributed by atoms with Crippen molar-refractivity contribution in [2.24, 2.45) is 0 Å². The van der Waals surface area contributed by atoms with Crippen molar-refractivity contribution in [2.45, 2.75) is 20.0 Å². The minimum atomic E-state index is -0.736. The molecule has 0 saturated heterocycles. The van der Waals surface area contributed by atoms with Gasteiger partial charge in [-0.05, 0) is 30.9 Å². The number of ether oxygens (including phenoxy) is 1. The van der Waals surface area contributed by atoms with Gasteiger partial charge in [0.1, 0.15) is 10.9 Å². The first-order valence-electron chi connectivity index (χ1n) is 5.87. The van der Waals surface area contributed by atoms with Gasteiger partial charge in [0.2, 0.25) is 0 Å². The van der Waals surface area contributed by atoms with E-state index in [4.69, 9.17) is 10.00 Å². The average molecular weight is 271 g/mol. The number of aryl methyl sites for hydroxylation is 1. The molecule has 0 saturated carbocycles. The average Bonchev–Trinajstić information content (AvgIpc) is 2.88. The Morgan fingerprint density at radius 3 is 2.63 bits per heavy atom. The van der Waals surface area contributed by atoms with E-state index in [0.717, 1.165) is 11.1 Å². The van der Waals surface area contributed by atoms with Gasteiger partial charge in [-0.15, -0.1) is 11.3 Å². The molecule has 0 spiro atoms. The predicted octanol–water partition coefficient (Wildman–Crippen LogP) is 3.79. The number of hydrogen-bond acceptors (Lipinski definition) is 4. The SMILES string of the molecule is Cc1ccc(-c2ccsc2C(=O)O[C@H](C)C#N)cc1. The highest BCUT2D eigenvalue weighted by molar-refractivity contribution is 7.12. The van der Waals surface area contributed by atoms with Crippen LogP contribution in [-0.4, -0.2) is 12.1 Å². The Morgan fingerprint density at radius 2 is 2.00 bits per heavy atom. The zero-order valence-electron chi connectivity index (χ0n) is 10.7. The first-order valence-corrected chi connectivity index (χ1v) is 6.75. The second-order valence-electron chi connectivity index (χ2n) is 4.21. The van der Waals surface area contributed by atoms with Gasteiger partial charge in [0.15, 0.2) is 6.10 Å². The summed E-state index contributed by atoms with van der Waals surface area (Å²) >= 11 is 1.33. The number of benzene rings is 1. The summed E-state index contributed by atoms with van der Waals surface area (Å²) in [5.41, 5.74) is 2.99. The summed E-state index contributed by atoms with van der Waals surface area (Å²) in [7, 11) is 0. The minimum absolute atomic E-state index is 0.445. The molecular weight excluding hydrogens is 258 g/mol. The van der Waals surface area contributed by atoms with Crippen molar-refractivity contribution < 1.29 is 9.53 Å². The molecule has 3 nitrogen and oxygen atoms in total. The molecule has 0 aliphatic rings. The van der Waals surface area contributed by atoms with E-state index in [1.807, 2.05) is 48.7 Å². The lowest BCUT2D eigenvalue weighted by Crippen LogP contribution is -2.12. The molecule has 1 heterocycles. The molecule has 0 radical (unpaired) electrons. The van der Waals surface area contributed by atoms with Crippen molar-refractivity contribution in [3.8, 4) is 17.2 Å². The predicted molar refractivity (Wildman–Crippen MR) is 75.0 cm³/mol. The first-order chi connectivity index (χ1) is 9.11. The van der Waals surface area contributed by atoms with Crippen molar-refractivity contribution >= 4 is 17.3 Å². The van der Waals surface area contributed by atoms with Crippen LogP contribution in [0.1, 0.15) is 22.2 Å². The van der Waals surface area contributed by atoms with Gasteiger partial charge in [0.25, 0.3) is 0 Å². The van der Waals surface area contributed by atoms with Crippen LogP contribution in [0.3, 0.4) is 0 Å². The van der Waals surface area contributed by atoms with Gasteiger partial charge in [-0.2, -0.15) is 5.26 Å². The zero-order valence-corrected chi connectivity index (χ0v) is 11.5. The molecule has 2 rings (SSSR count). The number of nitrogens with zero attached hydrogens (tertiary/aromatic N) is 1. The van der Waals surface area contributed by atoms with Crippen molar-refractivity contribution in [1.29, 1.82) is 5.26 Å². The fraction of sp³-hybridized carbons (Fsp3) is 0.200. The monoisotopic (exact) mass is 271 g/mol. The number of thiophene rings is 1. The molecule has 1 aromatic heterocycles. The van der Waals surface area contributed by atoms with Crippen LogP contribution in [0.2, 0.25) is 0 Å². The maximum absolute atomic E-state index is 12.0. The van der Waals surface area contributed by atoms with Gasteiger partial charge in [0, 0.05) is 5.56 Å². The molecule has 0 N–H and O–H groups in total. The number of esters is 1. The molecule has 4 heteroatoms. The van der Waals surface area contributed by atoms with Gasteiger partial charge < -0.3 is 4.74 Å². The van der Waals surface area contributed by atoms with Crippen LogP contribution in [0, 0.1) is 18.3 Å². The number of carbonyl (C=O) groups is 1. The highest BCUT2D eigenvalue weighted by Crippen LogP contribution is 2.29. The summed E-state index contributed by atoms with van der Waals surface area (Å²) in [6.45, 7) is 3.57. The highest BCUT2D eigenvalue weighted by atomic mass is 32.1. The third-order valence-corrected chi connectivity index (χ3v) is 3.57. The lowest BCUT2D eigenvalue weighted by Gasteiger charge is -2.07. The molecule has 1 aromatic carbocycles. The van der Waals surface area contributed by atoms with Crippen molar-refractivity contribution in [1.82, 2.24) is 0 Å². The molecule has 0 aliphatic carbocycles. The normalized spacial score (nSPS) is 11.6. The van der Waals surface area contributed by atoms with E-state index in [2.05, 4.69) is 0 Å². The van der Waals surface area contributed by atoms with Gasteiger partial charge in [-0.25, -0.2) is 4.79 Å².